The standard InChI is InChI=1S/C15H15IN2OS/c16-14-7-11(9-20-14)15(19)18(13-4-5-13)8-10-2-1-3-12(17)6-10/h1-3,6-7,9,13H,4-5,8,17H2. The summed E-state index contributed by atoms with van der Waals surface area (Å²) < 4.78 is 1.14. The Labute approximate surface area is 135 Å². The summed E-state index contributed by atoms with van der Waals surface area (Å²) in [7, 11) is 0. The molecule has 3 rings (SSSR count). The van der Waals surface area contributed by atoms with Gasteiger partial charge in [0.1, 0.15) is 0 Å². The zero-order valence-corrected chi connectivity index (χ0v) is 13.9. The van der Waals surface area contributed by atoms with Crippen LogP contribution in [0, 0.1) is 2.88 Å². The van der Waals surface area contributed by atoms with Gasteiger partial charge in [-0.05, 0) is 59.2 Å². The van der Waals surface area contributed by atoms with Gasteiger partial charge in [-0.2, -0.15) is 0 Å². The molecule has 5 heteroatoms. The maximum Gasteiger partial charge on any atom is 0.255 e. The molecule has 0 radical (unpaired) electrons. The lowest BCUT2D eigenvalue weighted by Gasteiger charge is -2.22. The largest absolute Gasteiger partial charge is 0.399 e. The van der Waals surface area contributed by atoms with E-state index in [0.29, 0.717) is 12.6 Å². The van der Waals surface area contributed by atoms with Crippen molar-refractivity contribution in [3.05, 3.63) is 49.7 Å². The summed E-state index contributed by atoms with van der Waals surface area (Å²) in [4.78, 5) is 14.6. The van der Waals surface area contributed by atoms with Crippen LogP contribution in [0.3, 0.4) is 0 Å². The molecule has 1 aromatic carbocycles. The fourth-order valence-electron chi connectivity index (χ4n) is 2.23. The van der Waals surface area contributed by atoms with Crippen LogP contribution < -0.4 is 5.73 Å². The number of nitrogen functional groups attached to an aromatic ring is 1. The number of hydrogen-bond acceptors (Lipinski definition) is 3. The lowest BCUT2D eigenvalue weighted by atomic mass is 10.1. The first kappa shape index (κ1) is 13.9. The molecular formula is C15H15IN2OS. The van der Waals surface area contributed by atoms with E-state index in [0.717, 1.165) is 32.5 Å². The van der Waals surface area contributed by atoms with E-state index in [4.69, 9.17) is 5.73 Å². The molecule has 1 amide bonds. The average molecular weight is 398 g/mol. The van der Waals surface area contributed by atoms with Crippen molar-refractivity contribution in [2.75, 3.05) is 5.73 Å². The number of amides is 1. The predicted octanol–water partition coefficient (Wildman–Crippen LogP) is 3.74. The van der Waals surface area contributed by atoms with Gasteiger partial charge in [0.2, 0.25) is 0 Å². The van der Waals surface area contributed by atoms with Gasteiger partial charge in [-0.1, -0.05) is 12.1 Å². The molecule has 0 unspecified atom stereocenters. The second-order valence-electron chi connectivity index (χ2n) is 5.05. The van der Waals surface area contributed by atoms with Crippen LogP contribution in [-0.4, -0.2) is 16.8 Å². The molecule has 0 saturated heterocycles. The molecule has 3 nitrogen and oxygen atoms in total. The molecule has 2 aromatic rings. The molecule has 1 aliphatic carbocycles. The van der Waals surface area contributed by atoms with Crippen LogP contribution in [-0.2, 0) is 6.54 Å². The van der Waals surface area contributed by atoms with Gasteiger partial charge in [0.15, 0.2) is 0 Å². The Morgan fingerprint density at radius 1 is 1.40 bits per heavy atom. The number of carbonyl (C=O) groups is 1. The Morgan fingerprint density at radius 3 is 2.80 bits per heavy atom. The van der Waals surface area contributed by atoms with Gasteiger partial charge in [-0.15, -0.1) is 11.3 Å². The molecule has 1 aromatic heterocycles. The summed E-state index contributed by atoms with van der Waals surface area (Å²) in [5, 5.41) is 1.94. The molecule has 1 heterocycles. The van der Waals surface area contributed by atoms with E-state index in [2.05, 4.69) is 22.6 Å². The van der Waals surface area contributed by atoms with Crippen molar-refractivity contribution in [2.24, 2.45) is 0 Å². The summed E-state index contributed by atoms with van der Waals surface area (Å²) in [5.74, 6) is 0.133. The summed E-state index contributed by atoms with van der Waals surface area (Å²) in [5.41, 5.74) is 8.45. The van der Waals surface area contributed by atoms with E-state index < -0.39 is 0 Å². The Morgan fingerprint density at radius 2 is 2.20 bits per heavy atom. The highest BCUT2D eigenvalue weighted by atomic mass is 127. The average Bonchev–Trinajstić information content (AvgIpc) is 3.17. The normalized spacial score (nSPS) is 14.2. The summed E-state index contributed by atoms with van der Waals surface area (Å²) in [6.45, 7) is 0.640. The van der Waals surface area contributed by atoms with Crippen molar-refractivity contribution in [1.29, 1.82) is 0 Å². The zero-order valence-electron chi connectivity index (χ0n) is 10.9. The van der Waals surface area contributed by atoms with Crippen molar-refractivity contribution in [1.82, 2.24) is 4.90 Å². The smallest absolute Gasteiger partial charge is 0.255 e. The Bertz CT molecular complexity index is 636. The quantitative estimate of drug-likeness (QED) is 0.630. The second-order valence-corrected chi connectivity index (χ2v) is 7.85. The number of anilines is 1. The van der Waals surface area contributed by atoms with Crippen LogP contribution in [0.5, 0.6) is 0 Å². The highest BCUT2D eigenvalue weighted by Gasteiger charge is 2.33. The number of halogens is 1. The lowest BCUT2D eigenvalue weighted by Crippen LogP contribution is -2.32. The molecule has 20 heavy (non-hydrogen) atoms. The van der Waals surface area contributed by atoms with Crippen molar-refractivity contribution in [2.45, 2.75) is 25.4 Å². The van der Waals surface area contributed by atoms with Gasteiger partial charge in [0.05, 0.1) is 8.45 Å². The van der Waals surface area contributed by atoms with E-state index in [-0.39, 0.29) is 5.91 Å². The van der Waals surface area contributed by atoms with Crippen LogP contribution in [0.2, 0.25) is 0 Å². The Kier molecular flexibility index (Phi) is 3.98. The lowest BCUT2D eigenvalue weighted by molar-refractivity contribution is 0.0730. The third-order valence-electron chi connectivity index (χ3n) is 3.37. The number of nitrogens with two attached hydrogens (primary N) is 1. The first-order valence-corrected chi connectivity index (χ1v) is 8.49. The highest BCUT2D eigenvalue weighted by Crippen LogP contribution is 2.31. The molecular weight excluding hydrogens is 383 g/mol. The van der Waals surface area contributed by atoms with Crippen LogP contribution in [0.15, 0.2) is 35.7 Å². The topological polar surface area (TPSA) is 46.3 Å². The molecule has 1 saturated carbocycles. The SMILES string of the molecule is Nc1cccc(CN(C(=O)c2csc(I)c2)C2CC2)c1. The van der Waals surface area contributed by atoms with Crippen molar-refractivity contribution in [3.8, 4) is 0 Å². The van der Waals surface area contributed by atoms with Crippen LogP contribution in [0.1, 0.15) is 28.8 Å². The minimum atomic E-state index is 0.133. The summed E-state index contributed by atoms with van der Waals surface area (Å²) in [6.07, 6.45) is 2.21. The van der Waals surface area contributed by atoms with E-state index in [1.54, 1.807) is 11.3 Å². The third-order valence-corrected chi connectivity index (χ3v) is 5.16. The molecule has 0 aliphatic heterocycles. The van der Waals surface area contributed by atoms with E-state index in [9.17, 15) is 4.79 Å². The molecule has 0 bridgehead atoms. The predicted molar refractivity (Wildman–Crippen MR) is 90.8 cm³/mol. The fraction of sp³-hybridized carbons (Fsp3) is 0.267. The number of nitrogens with zero attached hydrogens (tertiary/aromatic N) is 1. The van der Waals surface area contributed by atoms with Gasteiger partial charge in [0.25, 0.3) is 5.91 Å². The van der Waals surface area contributed by atoms with Crippen LogP contribution >= 0.6 is 33.9 Å². The van der Waals surface area contributed by atoms with E-state index in [1.165, 1.54) is 0 Å². The molecule has 1 aliphatic rings. The van der Waals surface area contributed by atoms with E-state index >= 15 is 0 Å². The maximum atomic E-state index is 12.6. The Hall–Kier alpha value is -1.08. The van der Waals surface area contributed by atoms with Gasteiger partial charge in [-0.25, -0.2) is 0 Å². The number of thiophene rings is 1. The molecule has 2 N–H and O–H groups in total. The number of hydrogen-bond donors (Lipinski definition) is 1. The number of carbonyl (C=O) groups excluding carboxylic acids is 1. The second kappa shape index (κ2) is 5.73. The fourth-order valence-corrected chi connectivity index (χ4v) is 3.55. The van der Waals surface area contributed by atoms with Gasteiger partial charge >= 0.3 is 0 Å². The minimum absolute atomic E-state index is 0.133. The van der Waals surface area contributed by atoms with E-state index in [1.807, 2.05) is 40.6 Å². The molecule has 0 spiro atoms. The molecule has 0 atom stereocenters. The Balaban J connectivity index is 1.81. The first-order valence-electron chi connectivity index (χ1n) is 6.53. The molecule has 1 fully saturated rings. The van der Waals surface area contributed by atoms with Crippen LogP contribution in [0.4, 0.5) is 5.69 Å². The van der Waals surface area contributed by atoms with Gasteiger partial charge in [0, 0.05) is 23.7 Å². The number of benzene rings is 1. The zero-order chi connectivity index (χ0) is 14.1. The maximum absolute atomic E-state index is 12.6. The van der Waals surface area contributed by atoms with Crippen LogP contribution in [0.25, 0.3) is 0 Å². The van der Waals surface area contributed by atoms with Gasteiger partial charge in [-0.3, -0.25) is 4.79 Å². The summed E-state index contributed by atoms with van der Waals surface area (Å²) in [6, 6.07) is 10.1. The van der Waals surface area contributed by atoms with Crippen molar-refractivity contribution < 1.29 is 4.79 Å². The monoisotopic (exact) mass is 398 g/mol. The van der Waals surface area contributed by atoms with Crippen molar-refractivity contribution >= 4 is 45.5 Å². The number of rotatable bonds is 4. The van der Waals surface area contributed by atoms with Crippen molar-refractivity contribution in [3.63, 3.8) is 0 Å². The van der Waals surface area contributed by atoms with Gasteiger partial charge < -0.3 is 10.6 Å². The first-order chi connectivity index (χ1) is 9.63. The highest BCUT2D eigenvalue weighted by molar-refractivity contribution is 14.1. The minimum Gasteiger partial charge on any atom is -0.399 e. The third kappa shape index (κ3) is 3.15. The molecule has 104 valence electrons. The summed E-state index contributed by atoms with van der Waals surface area (Å²) >= 11 is 3.86.